The van der Waals surface area contributed by atoms with Crippen LogP contribution in [0.3, 0.4) is 0 Å². The molecule has 0 radical (unpaired) electrons. The number of carbonyl (C=O) groups excluding carboxylic acids is 2. The van der Waals surface area contributed by atoms with Crippen molar-refractivity contribution in [1.29, 1.82) is 0 Å². The van der Waals surface area contributed by atoms with Crippen molar-refractivity contribution in [3.8, 4) is 0 Å². The number of hydrogen-bond acceptors (Lipinski definition) is 3. The van der Waals surface area contributed by atoms with Crippen LogP contribution in [0.2, 0.25) is 0 Å². The molecule has 17 heavy (non-hydrogen) atoms. The fraction of sp³-hybridized carbons (Fsp3) is 0.167. The first-order chi connectivity index (χ1) is 8.24. The highest BCUT2D eigenvalue weighted by Crippen LogP contribution is 2.17. The Morgan fingerprint density at radius 1 is 1.41 bits per heavy atom. The lowest BCUT2D eigenvalue weighted by Gasteiger charge is -2.02. The zero-order valence-corrected chi connectivity index (χ0v) is 9.92. The number of benzene rings is 1. The Balaban J connectivity index is 1.84. The van der Waals surface area contributed by atoms with Gasteiger partial charge >= 0.3 is 0 Å². The molecule has 2 rings (SSSR count). The molecular formula is C12H12N2O2S. The molecule has 0 bridgehead atoms. The SMILES string of the molecule is O=C(/C=C1\NC(=O)CS1)NCc1ccccc1. The van der Waals surface area contributed by atoms with E-state index in [-0.39, 0.29) is 11.8 Å². The van der Waals surface area contributed by atoms with Crippen molar-refractivity contribution in [1.82, 2.24) is 10.6 Å². The van der Waals surface area contributed by atoms with Crippen molar-refractivity contribution in [2.24, 2.45) is 0 Å². The van der Waals surface area contributed by atoms with Crippen LogP contribution in [0.1, 0.15) is 5.56 Å². The largest absolute Gasteiger partial charge is 0.348 e. The average Bonchev–Trinajstić information content (AvgIpc) is 2.73. The Bertz CT molecular complexity index is 457. The predicted molar refractivity (Wildman–Crippen MR) is 67.0 cm³/mol. The highest BCUT2D eigenvalue weighted by molar-refractivity contribution is 8.04. The number of rotatable bonds is 3. The first-order valence-electron chi connectivity index (χ1n) is 5.20. The molecule has 1 aliphatic rings. The van der Waals surface area contributed by atoms with Gasteiger partial charge in [0.15, 0.2) is 0 Å². The summed E-state index contributed by atoms with van der Waals surface area (Å²) in [7, 11) is 0. The van der Waals surface area contributed by atoms with Gasteiger partial charge < -0.3 is 10.6 Å². The van der Waals surface area contributed by atoms with Crippen LogP contribution in [-0.2, 0) is 16.1 Å². The Morgan fingerprint density at radius 3 is 2.82 bits per heavy atom. The van der Waals surface area contributed by atoms with E-state index in [0.29, 0.717) is 17.3 Å². The minimum atomic E-state index is -0.196. The Morgan fingerprint density at radius 2 is 2.18 bits per heavy atom. The van der Waals surface area contributed by atoms with Crippen LogP contribution < -0.4 is 10.6 Å². The normalized spacial score (nSPS) is 16.9. The second-order valence-electron chi connectivity index (χ2n) is 3.55. The summed E-state index contributed by atoms with van der Waals surface area (Å²) < 4.78 is 0. The maximum atomic E-state index is 11.5. The molecular weight excluding hydrogens is 236 g/mol. The lowest BCUT2D eigenvalue weighted by atomic mass is 10.2. The molecule has 88 valence electrons. The van der Waals surface area contributed by atoms with Crippen molar-refractivity contribution >= 4 is 23.6 Å². The van der Waals surface area contributed by atoms with E-state index in [1.165, 1.54) is 17.8 Å². The van der Waals surface area contributed by atoms with Crippen LogP contribution in [0.15, 0.2) is 41.4 Å². The molecule has 4 nitrogen and oxygen atoms in total. The first kappa shape index (κ1) is 11.7. The van der Waals surface area contributed by atoms with Crippen LogP contribution in [0.5, 0.6) is 0 Å². The number of hydrogen-bond donors (Lipinski definition) is 2. The van der Waals surface area contributed by atoms with Crippen LogP contribution in [0.25, 0.3) is 0 Å². The number of amides is 2. The summed E-state index contributed by atoms with van der Waals surface area (Å²) in [5.41, 5.74) is 1.04. The molecule has 1 saturated heterocycles. The van der Waals surface area contributed by atoms with E-state index in [4.69, 9.17) is 0 Å². The molecule has 1 fully saturated rings. The average molecular weight is 248 g/mol. The van der Waals surface area contributed by atoms with Gasteiger partial charge in [0.05, 0.1) is 10.8 Å². The van der Waals surface area contributed by atoms with Gasteiger partial charge in [-0.05, 0) is 5.56 Å². The van der Waals surface area contributed by atoms with Crippen LogP contribution >= 0.6 is 11.8 Å². The molecule has 0 atom stereocenters. The topological polar surface area (TPSA) is 58.2 Å². The minimum Gasteiger partial charge on any atom is -0.348 e. The highest BCUT2D eigenvalue weighted by Gasteiger charge is 2.15. The third-order valence-electron chi connectivity index (χ3n) is 2.19. The fourth-order valence-corrected chi connectivity index (χ4v) is 2.12. The second kappa shape index (κ2) is 5.54. The lowest BCUT2D eigenvalue weighted by Crippen LogP contribution is -2.22. The van der Waals surface area contributed by atoms with Gasteiger partial charge in [-0.1, -0.05) is 42.1 Å². The Kier molecular flexibility index (Phi) is 3.82. The smallest absolute Gasteiger partial charge is 0.246 e. The van der Waals surface area contributed by atoms with E-state index in [9.17, 15) is 9.59 Å². The number of carbonyl (C=O) groups is 2. The van der Waals surface area contributed by atoms with Gasteiger partial charge in [0.2, 0.25) is 11.8 Å². The standard InChI is InChI=1S/C12H12N2O2S/c15-10(6-12-14-11(16)8-17-12)13-7-9-4-2-1-3-5-9/h1-6H,7-8H2,(H,13,15)(H,14,16)/b12-6+. The van der Waals surface area contributed by atoms with Crippen molar-refractivity contribution in [3.05, 3.63) is 47.0 Å². The Labute approximate surface area is 103 Å². The van der Waals surface area contributed by atoms with Gasteiger partial charge in [-0.25, -0.2) is 0 Å². The van der Waals surface area contributed by atoms with E-state index in [2.05, 4.69) is 10.6 Å². The summed E-state index contributed by atoms with van der Waals surface area (Å²) in [5, 5.41) is 5.98. The lowest BCUT2D eigenvalue weighted by molar-refractivity contribution is -0.117. The highest BCUT2D eigenvalue weighted by atomic mass is 32.2. The maximum Gasteiger partial charge on any atom is 0.246 e. The molecule has 1 aromatic carbocycles. The predicted octanol–water partition coefficient (Wildman–Crippen LogP) is 1.01. The van der Waals surface area contributed by atoms with E-state index in [1.807, 2.05) is 30.3 Å². The molecule has 0 unspecified atom stereocenters. The maximum absolute atomic E-state index is 11.5. The fourth-order valence-electron chi connectivity index (χ4n) is 1.39. The molecule has 0 aliphatic carbocycles. The first-order valence-corrected chi connectivity index (χ1v) is 6.19. The molecule has 2 N–H and O–H groups in total. The van der Waals surface area contributed by atoms with Gasteiger partial charge in [0, 0.05) is 12.6 Å². The molecule has 1 aromatic rings. The van der Waals surface area contributed by atoms with Crippen molar-refractivity contribution in [2.75, 3.05) is 5.75 Å². The summed E-state index contributed by atoms with van der Waals surface area (Å²) in [5.74, 6) is 0.133. The molecule has 5 heteroatoms. The van der Waals surface area contributed by atoms with E-state index >= 15 is 0 Å². The van der Waals surface area contributed by atoms with Crippen LogP contribution in [-0.4, -0.2) is 17.6 Å². The van der Waals surface area contributed by atoms with Crippen molar-refractivity contribution in [3.63, 3.8) is 0 Å². The van der Waals surface area contributed by atoms with Gasteiger partial charge in [-0.3, -0.25) is 9.59 Å². The third kappa shape index (κ3) is 3.64. The Hall–Kier alpha value is -1.75. The van der Waals surface area contributed by atoms with Crippen LogP contribution in [0, 0.1) is 0 Å². The van der Waals surface area contributed by atoms with E-state index < -0.39 is 0 Å². The number of nitrogens with one attached hydrogen (secondary N) is 2. The van der Waals surface area contributed by atoms with Crippen molar-refractivity contribution < 1.29 is 9.59 Å². The molecule has 0 saturated carbocycles. The summed E-state index contributed by atoms with van der Waals surface area (Å²) >= 11 is 1.34. The van der Waals surface area contributed by atoms with Crippen molar-refractivity contribution in [2.45, 2.75) is 6.54 Å². The second-order valence-corrected chi connectivity index (χ2v) is 4.57. The molecule has 0 spiro atoms. The summed E-state index contributed by atoms with van der Waals surface area (Å²) in [6, 6.07) is 9.66. The zero-order chi connectivity index (χ0) is 12.1. The molecule has 1 aliphatic heterocycles. The van der Waals surface area contributed by atoms with E-state index in [0.717, 1.165) is 5.56 Å². The summed E-state index contributed by atoms with van der Waals surface area (Å²) in [6.07, 6.45) is 1.42. The molecule has 0 aromatic heterocycles. The quantitative estimate of drug-likeness (QED) is 0.785. The summed E-state index contributed by atoms with van der Waals surface area (Å²) in [6.45, 7) is 0.488. The van der Waals surface area contributed by atoms with Gasteiger partial charge in [0.25, 0.3) is 0 Å². The molecule has 2 amide bonds. The van der Waals surface area contributed by atoms with Crippen LogP contribution in [0.4, 0.5) is 0 Å². The van der Waals surface area contributed by atoms with E-state index in [1.54, 1.807) is 0 Å². The van der Waals surface area contributed by atoms with Gasteiger partial charge in [-0.15, -0.1) is 0 Å². The summed E-state index contributed by atoms with van der Waals surface area (Å²) in [4.78, 5) is 22.4. The zero-order valence-electron chi connectivity index (χ0n) is 9.10. The minimum absolute atomic E-state index is 0.0582. The number of thioether (sulfide) groups is 1. The monoisotopic (exact) mass is 248 g/mol. The molecule has 1 heterocycles. The van der Waals surface area contributed by atoms with Gasteiger partial charge in [0.1, 0.15) is 0 Å². The third-order valence-corrected chi connectivity index (χ3v) is 3.13. The van der Waals surface area contributed by atoms with Gasteiger partial charge in [-0.2, -0.15) is 0 Å².